The number of anilines is 1. The van der Waals surface area contributed by atoms with E-state index in [1.54, 1.807) is 12.3 Å². The number of aromatic nitrogens is 1. The Bertz CT molecular complexity index is 459. The molecule has 0 aliphatic carbocycles. The first-order valence-corrected chi connectivity index (χ1v) is 5.84. The third-order valence-corrected chi connectivity index (χ3v) is 3.07. The topological polar surface area (TPSA) is 84.0 Å². The Morgan fingerprint density at radius 3 is 3.06 bits per heavy atom. The number of amidine groups is 1. The van der Waals surface area contributed by atoms with Gasteiger partial charge in [0.05, 0.1) is 18.8 Å². The lowest BCUT2D eigenvalue weighted by molar-refractivity contribution is 0.0639. The summed E-state index contributed by atoms with van der Waals surface area (Å²) in [6, 6.07) is 3.54. The molecule has 0 atom stereocenters. The van der Waals surface area contributed by atoms with Crippen LogP contribution in [0.3, 0.4) is 0 Å². The van der Waals surface area contributed by atoms with E-state index in [0.29, 0.717) is 18.8 Å². The smallest absolute Gasteiger partial charge is 0.170 e. The van der Waals surface area contributed by atoms with Crippen molar-refractivity contribution in [3.05, 3.63) is 23.9 Å². The molecule has 18 heavy (non-hydrogen) atoms. The molecular weight excluding hydrogens is 232 g/mol. The van der Waals surface area contributed by atoms with Gasteiger partial charge in [-0.25, -0.2) is 4.98 Å². The summed E-state index contributed by atoms with van der Waals surface area (Å²) >= 11 is 0. The Labute approximate surface area is 106 Å². The predicted molar refractivity (Wildman–Crippen MR) is 69.0 cm³/mol. The van der Waals surface area contributed by atoms with Crippen LogP contribution in [0.25, 0.3) is 0 Å². The number of rotatable bonds is 2. The van der Waals surface area contributed by atoms with Crippen LogP contribution in [0, 0.1) is 0 Å². The van der Waals surface area contributed by atoms with Crippen LogP contribution in [0.5, 0.6) is 0 Å². The van der Waals surface area contributed by atoms with E-state index in [2.05, 4.69) is 28.9 Å². The summed E-state index contributed by atoms with van der Waals surface area (Å²) in [5.74, 6) is 0.900. The molecule has 1 aromatic rings. The Morgan fingerprint density at radius 1 is 1.61 bits per heavy atom. The standard InChI is InChI=1S/C12H18N4O2/c1-12(2)8-18-6-5-16(12)10-7-9(3-4-14-10)11(13)15-17/h3-4,7,17H,5-6,8H2,1-2H3,(H2,13,15). The fraction of sp³-hybridized carbons (Fsp3) is 0.500. The van der Waals surface area contributed by atoms with E-state index >= 15 is 0 Å². The first-order chi connectivity index (χ1) is 8.54. The molecule has 0 radical (unpaired) electrons. The lowest BCUT2D eigenvalue weighted by atomic mass is 10.0. The van der Waals surface area contributed by atoms with Crippen molar-refractivity contribution >= 4 is 11.7 Å². The molecule has 0 amide bonds. The highest BCUT2D eigenvalue weighted by atomic mass is 16.5. The van der Waals surface area contributed by atoms with E-state index in [-0.39, 0.29) is 11.4 Å². The van der Waals surface area contributed by atoms with Crippen molar-refractivity contribution in [3.8, 4) is 0 Å². The average Bonchev–Trinajstić information content (AvgIpc) is 2.37. The van der Waals surface area contributed by atoms with Gasteiger partial charge in [0.2, 0.25) is 0 Å². The van der Waals surface area contributed by atoms with Crippen molar-refractivity contribution in [2.24, 2.45) is 10.9 Å². The molecule has 2 heterocycles. The van der Waals surface area contributed by atoms with Crippen molar-refractivity contribution in [2.75, 3.05) is 24.7 Å². The molecule has 1 aliphatic heterocycles. The second kappa shape index (κ2) is 4.81. The molecule has 0 spiro atoms. The van der Waals surface area contributed by atoms with E-state index in [1.165, 1.54) is 0 Å². The second-order valence-electron chi connectivity index (χ2n) is 4.90. The molecule has 2 rings (SSSR count). The minimum Gasteiger partial charge on any atom is -0.409 e. The first kappa shape index (κ1) is 12.6. The summed E-state index contributed by atoms with van der Waals surface area (Å²) in [5.41, 5.74) is 6.13. The average molecular weight is 250 g/mol. The quantitative estimate of drug-likeness (QED) is 0.351. The third-order valence-electron chi connectivity index (χ3n) is 3.07. The van der Waals surface area contributed by atoms with Crippen LogP contribution in [-0.4, -0.2) is 41.3 Å². The summed E-state index contributed by atoms with van der Waals surface area (Å²) in [6.45, 7) is 6.31. The number of pyridine rings is 1. The molecule has 1 aromatic heterocycles. The molecule has 1 saturated heterocycles. The summed E-state index contributed by atoms with van der Waals surface area (Å²) < 4.78 is 5.48. The zero-order chi connectivity index (χ0) is 13.2. The van der Waals surface area contributed by atoms with Gasteiger partial charge in [0.15, 0.2) is 5.84 Å². The lowest BCUT2D eigenvalue weighted by Gasteiger charge is -2.43. The van der Waals surface area contributed by atoms with Gasteiger partial charge in [0.1, 0.15) is 5.82 Å². The maximum atomic E-state index is 8.70. The number of hydrogen-bond donors (Lipinski definition) is 2. The fourth-order valence-electron chi connectivity index (χ4n) is 2.07. The maximum absolute atomic E-state index is 8.70. The van der Waals surface area contributed by atoms with Crippen LogP contribution in [-0.2, 0) is 4.74 Å². The van der Waals surface area contributed by atoms with Crippen LogP contribution in [0.1, 0.15) is 19.4 Å². The molecule has 0 unspecified atom stereocenters. The van der Waals surface area contributed by atoms with E-state index in [0.717, 1.165) is 12.4 Å². The minimum absolute atomic E-state index is 0.0877. The molecule has 0 saturated carbocycles. The molecule has 1 aliphatic rings. The third kappa shape index (κ3) is 2.38. The summed E-state index contributed by atoms with van der Waals surface area (Å²) in [7, 11) is 0. The molecule has 3 N–H and O–H groups in total. The highest BCUT2D eigenvalue weighted by Crippen LogP contribution is 2.25. The highest BCUT2D eigenvalue weighted by molar-refractivity contribution is 5.97. The first-order valence-electron chi connectivity index (χ1n) is 5.84. The normalized spacial score (nSPS) is 19.9. The van der Waals surface area contributed by atoms with Crippen molar-refractivity contribution < 1.29 is 9.94 Å². The maximum Gasteiger partial charge on any atom is 0.170 e. The number of nitrogens with two attached hydrogens (primary N) is 1. The lowest BCUT2D eigenvalue weighted by Crippen LogP contribution is -2.53. The molecule has 98 valence electrons. The highest BCUT2D eigenvalue weighted by Gasteiger charge is 2.31. The molecule has 0 aromatic carbocycles. The number of morpholine rings is 1. The van der Waals surface area contributed by atoms with Gasteiger partial charge in [-0.2, -0.15) is 0 Å². The van der Waals surface area contributed by atoms with E-state index < -0.39 is 0 Å². The Kier molecular flexibility index (Phi) is 3.38. The van der Waals surface area contributed by atoms with Crippen LogP contribution < -0.4 is 10.6 Å². The molecule has 6 nitrogen and oxygen atoms in total. The van der Waals surface area contributed by atoms with Crippen LogP contribution >= 0.6 is 0 Å². The number of oxime groups is 1. The van der Waals surface area contributed by atoms with Crippen molar-refractivity contribution in [3.63, 3.8) is 0 Å². The van der Waals surface area contributed by atoms with Gasteiger partial charge in [-0.05, 0) is 26.0 Å². The monoisotopic (exact) mass is 250 g/mol. The summed E-state index contributed by atoms with van der Waals surface area (Å²) in [5, 5.41) is 11.7. The molecular formula is C12H18N4O2. The number of ether oxygens (including phenoxy) is 1. The molecule has 1 fully saturated rings. The predicted octanol–water partition coefficient (Wildman–Crippen LogP) is 0.791. The van der Waals surface area contributed by atoms with Crippen LogP contribution in [0.15, 0.2) is 23.5 Å². The minimum atomic E-state index is -0.116. The van der Waals surface area contributed by atoms with Gasteiger partial charge >= 0.3 is 0 Å². The Morgan fingerprint density at radius 2 is 2.39 bits per heavy atom. The van der Waals surface area contributed by atoms with Gasteiger partial charge in [-0.15, -0.1) is 0 Å². The van der Waals surface area contributed by atoms with Crippen LogP contribution in [0.2, 0.25) is 0 Å². The summed E-state index contributed by atoms with van der Waals surface area (Å²) in [6.07, 6.45) is 1.66. The molecule has 6 heteroatoms. The summed E-state index contributed by atoms with van der Waals surface area (Å²) in [4.78, 5) is 6.52. The van der Waals surface area contributed by atoms with Gasteiger partial charge in [0, 0.05) is 18.3 Å². The molecule has 0 bridgehead atoms. The SMILES string of the molecule is CC1(C)COCCN1c1cc(C(N)=NO)ccn1. The van der Waals surface area contributed by atoms with E-state index in [1.807, 2.05) is 6.07 Å². The van der Waals surface area contributed by atoms with Gasteiger partial charge in [0.25, 0.3) is 0 Å². The number of hydrogen-bond acceptors (Lipinski definition) is 5. The second-order valence-corrected chi connectivity index (χ2v) is 4.90. The van der Waals surface area contributed by atoms with Crippen molar-refractivity contribution in [1.29, 1.82) is 0 Å². The van der Waals surface area contributed by atoms with Crippen molar-refractivity contribution in [1.82, 2.24) is 4.98 Å². The largest absolute Gasteiger partial charge is 0.409 e. The fourth-order valence-corrected chi connectivity index (χ4v) is 2.07. The zero-order valence-electron chi connectivity index (χ0n) is 10.6. The van der Waals surface area contributed by atoms with Gasteiger partial charge in [-0.1, -0.05) is 5.16 Å². The Hall–Kier alpha value is -1.82. The van der Waals surface area contributed by atoms with Crippen molar-refractivity contribution in [2.45, 2.75) is 19.4 Å². The Balaban J connectivity index is 2.33. The van der Waals surface area contributed by atoms with Gasteiger partial charge in [-0.3, -0.25) is 0 Å². The van der Waals surface area contributed by atoms with E-state index in [4.69, 9.17) is 15.7 Å². The zero-order valence-corrected chi connectivity index (χ0v) is 10.6. The van der Waals surface area contributed by atoms with E-state index in [9.17, 15) is 0 Å². The van der Waals surface area contributed by atoms with Gasteiger partial charge < -0.3 is 20.6 Å². The van der Waals surface area contributed by atoms with Crippen LogP contribution in [0.4, 0.5) is 5.82 Å². The number of nitrogens with zero attached hydrogens (tertiary/aromatic N) is 3.